The van der Waals surface area contributed by atoms with Crippen LogP contribution in [0.1, 0.15) is 20.3 Å². The van der Waals surface area contributed by atoms with Crippen molar-refractivity contribution in [2.45, 2.75) is 20.3 Å². The van der Waals surface area contributed by atoms with Crippen molar-refractivity contribution in [1.29, 1.82) is 0 Å². The standard InChI is InChI=1S/C9H15NO/c1-4-10-6-7(2)5-8(3)9(10)11/h4,7-8H,1,5-6H2,2-3H3. The van der Waals surface area contributed by atoms with Crippen molar-refractivity contribution >= 4 is 5.91 Å². The van der Waals surface area contributed by atoms with E-state index in [0.717, 1.165) is 13.0 Å². The van der Waals surface area contributed by atoms with Gasteiger partial charge in [0.15, 0.2) is 0 Å². The number of carbonyl (C=O) groups excluding carboxylic acids is 1. The van der Waals surface area contributed by atoms with Gasteiger partial charge in [-0.2, -0.15) is 0 Å². The second-order valence-corrected chi connectivity index (χ2v) is 3.42. The largest absolute Gasteiger partial charge is 0.319 e. The molecule has 0 aromatic heterocycles. The zero-order valence-corrected chi connectivity index (χ0v) is 7.21. The van der Waals surface area contributed by atoms with Gasteiger partial charge < -0.3 is 4.90 Å². The molecule has 1 aliphatic heterocycles. The molecule has 0 spiro atoms. The zero-order chi connectivity index (χ0) is 8.43. The van der Waals surface area contributed by atoms with Crippen LogP contribution in [0.25, 0.3) is 0 Å². The van der Waals surface area contributed by atoms with Crippen LogP contribution >= 0.6 is 0 Å². The van der Waals surface area contributed by atoms with E-state index in [1.807, 2.05) is 6.92 Å². The highest BCUT2D eigenvalue weighted by molar-refractivity contribution is 5.80. The SMILES string of the molecule is C=CN1CC(C)CC(C)C1=O. The number of likely N-dealkylation sites (tertiary alicyclic amines) is 1. The monoisotopic (exact) mass is 153 g/mol. The smallest absolute Gasteiger partial charge is 0.229 e. The van der Waals surface area contributed by atoms with Gasteiger partial charge in [0.05, 0.1) is 0 Å². The van der Waals surface area contributed by atoms with E-state index in [-0.39, 0.29) is 11.8 Å². The summed E-state index contributed by atoms with van der Waals surface area (Å²) in [6.07, 6.45) is 2.65. The van der Waals surface area contributed by atoms with Gasteiger partial charge >= 0.3 is 0 Å². The Balaban J connectivity index is 2.66. The lowest BCUT2D eigenvalue weighted by Gasteiger charge is -2.31. The van der Waals surface area contributed by atoms with Crippen LogP contribution < -0.4 is 0 Å². The van der Waals surface area contributed by atoms with E-state index in [2.05, 4.69) is 13.5 Å². The molecule has 1 rings (SSSR count). The summed E-state index contributed by atoms with van der Waals surface area (Å²) in [5.74, 6) is 1.01. The Morgan fingerprint density at radius 2 is 2.27 bits per heavy atom. The van der Waals surface area contributed by atoms with E-state index in [9.17, 15) is 4.79 Å². The molecule has 0 aromatic carbocycles. The molecule has 2 atom stereocenters. The minimum Gasteiger partial charge on any atom is -0.319 e. The maximum atomic E-state index is 11.4. The first-order valence-electron chi connectivity index (χ1n) is 4.08. The molecule has 2 nitrogen and oxygen atoms in total. The molecule has 2 unspecified atom stereocenters. The molecule has 0 bridgehead atoms. The van der Waals surface area contributed by atoms with Crippen LogP contribution in [0.3, 0.4) is 0 Å². The van der Waals surface area contributed by atoms with Gasteiger partial charge in [-0.05, 0) is 18.5 Å². The van der Waals surface area contributed by atoms with E-state index < -0.39 is 0 Å². The van der Waals surface area contributed by atoms with Crippen molar-refractivity contribution in [1.82, 2.24) is 4.90 Å². The molecule has 0 aliphatic carbocycles. The predicted molar refractivity (Wildman–Crippen MR) is 44.9 cm³/mol. The highest BCUT2D eigenvalue weighted by Crippen LogP contribution is 2.21. The van der Waals surface area contributed by atoms with E-state index in [1.165, 1.54) is 0 Å². The Morgan fingerprint density at radius 1 is 1.64 bits per heavy atom. The van der Waals surface area contributed by atoms with Crippen molar-refractivity contribution in [3.63, 3.8) is 0 Å². The van der Waals surface area contributed by atoms with Crippen LogP contribution in [-0.4, -0.2) is 17.4 Å². The molecular weight excluding hydrogens is 138 g/mol. The number of carbonyl (C=O) groups is 1. The predicted octanol–water partition coefficient (Wildman–Crippen LogP) is 1.63. The first kappa shape index (κ1) is 8.31. The van der Waals surface area contributed by atoms with Gasteiger partial charge in [-0.25, -0.2) is 0 Å². The Labute approximate surface area is 67.9 Å². The zero-order valence-electron chi connectivity index (χ0n) is 7.21. The lowest BCUT2D eigenvalue weighted by atomic mass is 9.91. The number of nitrogens with zero attached hydrogens (tertiary/aromatic N) is 1. The summed E-state index contributed by atoms with van der Waals surface area (Å²) in [4.78, 5) is 13.1. The number of piperidine rings is 1. The summed E-state index contributed by atoms with van der Waals surface area (Å²) >= 11 is 0. The average Bonchev–Trinajstić information content (AvgIpc) is 1.96. The third-order valence-corrected chi connectivity index (χ3v) is 2.19. The third-order valence-electron chi connectivity index (χ3n) is 2.19. The van der Waals surface area contributed by atoms with E-state index >= 15 is 0 Å². The molecule has 1 heterocycles. The number of rotatable bonds is 1. The summed E-state index contributed by atoms with van der Waals surface area (Å²) in [6.45, 7) is 8.60. The van der Waals surface area contributed by atoms with Gasteiger partial charge in [0.25, 0.3) is 0 Å². The van der Waals surface area contributed by atoms with Gasteiger partial charge in [-0.3, -0.25) is 4.79 Å². The van der Waals surface area contributed by atoms with Gasteiger partial charge in [0.1, 0.15) is 0 Å². The Kier molecular flexibility index (Phi) is 2.32. The molecule has 62 valence electrons. The van der Waals surface area contributed by atoms with E-state index in [4.69, 9.17) is 0 Å². The van der Waals surface area contributed by atoms with Crippen LogP contribution in [0.4, 0.5) is 0 Å². The minimum atomic E-state index is 0.178. The number of amides is 1. The molecule has 0 N–H and O–H groups in total. The molecule has 11 heavy (non-hydrogen) atoms. The van der Waals surface area contributed by atoms with Crippen molar-refractivity contribution in [2.24, 2.45) is 11.8 Å². The maximum Gasteiger partial charge on any atom is 0.229 e. The summed E-state index contributed by atoms with van der Waals surface area (Å²) in [5.41, 5.74) is 0. The third kappa shape index (κ3) is 1.62. The first-order valence-corrected chi connectivity index (χ1v) is 4.08. The fraction of sp³-hybridized carbons (Fsp3) is 0.667. The van der Waals surface area contributed by atoms with Gasteiger partial charge in [-0.1, -0.05) is 20.4 Å². The molecule has 2 heteroatoms. The van der Waals surface area contributed by atoms with Gasteiger partial charge in [0.2, 0.25) is 5.91 Å². The topological polar surface area (TPSA) is 20.3 Å². The van der Waals surface area contributed by atoms with Crippen LogP contribution in [0.15, 0.2) is 12.8 Å². The maximum absolute atomic E-state index is 11.4. The lowest BCUT2D eigenvalue weighted by Crippen LogP contribution is -2.40. The average molecular weight is 153 g/mol. The normalized spacial score (nSPS) is 32.2. The Bertz CT molecular complexity index is 176. The van der Waals surface area contributed by atoms with Gasteiger partial charge in [0, 0.05) is 12.5 Å². The molecule has 1 aliphatic rings. The molecule has 1 saturated heterocycles. The fourth-order valence-electron chi connectivity index (χ4n) is 1.65. The summed E-state index contributed by atoms with van der Waals surface area (Å²) in [6, 6.07) is 0. The molecular formula is C9H15NO. The highest BCUT2D eigenvalue weighted by Gasteiger charge is 2.27. The van der Waals surface area contributed by atoms with Crippen LogP contribution in [0.2, 0.25) is 0 Å². The van der Waals surface area contributed by atoms with Crippen LogP contribution in [0.5, 0.6) is 0 Å². The summed E-state index contributed by atoms with van der Waals surface area (Å²) < 4.78 is 0. The molecule has 0 aromatic rings. The van der Waals surface area contributed by atoms with Gasteiger partial charge in [-0.15, -0.1) is 0 Å². The summed E-state index contributed by atoms with van der Waals surface area (Å²) in [7, 11) is 0. The Hall–Kier alpha value is -0.790. The Morgan fingerprint density at radius 3 is 2.82 bits per heavy atom. The minimum absolute atomic E-state index is 0.178. The second-order valence-electron chi connectivity index (χ2n) is 3.42. The van der Waals surface area contributed by atoms with Crippen LogP contribution in [-0.2, 0) is 4.79 Å². The first-order chi connectivity index (χ1) is 5.15. The summed E-state index contributed by atoms with van der Waals surface area (Å²) in [5, 5.41) is 0. The molecule has 1 fully saturated rings. The second kappa shape index (κ2) is 3.07. The quantitative estimate of drug-likeness (QED) is 0.560. The molecule has 0 saturated carbocycles. The fourth-order valence-corrected chi connectivity index (χ4v) is 1.65. The van der Waals surface area contributed by atoms with Crippen molar-refractivity contribution < 1.29 is 4.79 Å². The molecule has 0 radical (unpaired) electrons. The highest BCUT2D eigenvalue weighted by atomic mass is 16.2. The van der Waals surface area contributed by atoms with Crippen molar-refractivity contribution in [3.8, 4) is 0 Å². The van der Waals surface area contributed by atoms with E-state index in [1.54, 1.807) is 11.1 Å². The molecule has 1 amide bonds. The van der Waals surface area contributed by atoms with Crippen molar-refractivity contribution in [3.05, 3.63) is 12.8 Å². The van der Waals surface area contributed by atoms with Crippen molar-refractivity contribution in [2.75, 3.05) is 6.54 Å². The number of hydrogen-bond acceptors (Lipinski definition) is 1. The lowest BCUT2D eigenvalue weighted by molar-refractivity contribution is -0.136. The van der Waals surface area contributed by atoms with E-state index in [0.29, 0.717) is 5.92 Å². The number of hydrogen-bond donors (Lipinski definition) is 0. The van der Waals surface area contributed by atoms with Crippen LogP contribution in [0, 0.1) is 11.8 Å².